The van der Waals surface area contributed by atoms with Crippen molar-refractivity contribution in [3.05, 3.63) is 51.6 Å². The van der Waals surface area contributed by atoms with Gasteiger partial charge in [-0.25, -0.2) is 14.4 Å². The van der Waals surface area contributed by atoms with Crippen LogP contribution < -0.4 is 10.1 Å². The van der Waals surface area contributed by atoms with Crippen LogP contribution in [0, 0.1) is 17.1 Å². The first-order valence-electron chi connectivity index (χ1n) is 7.75. The fourth-order valence-corrected chi connectivity index (χ4v) is 3.36. The molecule has 0 aliphatic carbocycles. The predicted octanol–water partition coefficient (Wildman–Crippen LogP) is 0.454. The number of benzene rings is 1. The molecule has 1 aromatic carbocycles. The number of hydrogen-bond donors (Lipinski definition) is 5. The molecule has 3 heterocycles. The Bertz CT molecular complexity index is 1140. The van der Waals surface area contributed by atoms with E-state index < -0.39 is 29.7 Å². The van der Waals surface area contributed by atoms with Crippen molar-refractivity contribution in [2.24, 2.45) is 0 Å². The van der Waals surface area contributed by atoms with Crippen LogP contribution >= 0.6 is 15.9 Å². The van der Waals surface area contributed by atoms with Crippen LogP contribution in [0.4, 0.5) is 10.3 Å². The van der Waals surface area contributed by atoms with Crippen LogP contribution in [0.1, 0.15) is 22.9 Å². The van der Waals surface area contributed by atoms with Gasteiger partial charge in [0.15, 0.2) is 11.3 Å². The first-order valence-corrected chi connectivity index (χ1v) is 8.54. The highest BCUT2D eigenvalue weighted by atomic mass is 79.9. The number of aliphatic hydroxyl groups excluding tert-OH is 2. The van der Waals surface area contributed by atoms with E-state index in [1.807, 2.05) is 6.07 Å². The summed E-state index contributed by atoms with van der Waals surface area (Å²) in [4.78, 5) is 8.03. The summed E-state index contributed by atoms with van der Waals surface area (Å²) in [5, 5.41) is 52.2. The molecule has 0 radical (unpaired) electrons. The monoisotopic (exact) mass is 451 g/mol. The highest BCUT2D eigenvalue weighted by molar-refractivity contribution is 9.10. The Hall–Kier alpha value is -2.82. The Kier molecular flexibility index (Phi) is 4.21. The SMILES string of the molecule is N#Cc1cn2c(NC(O)(O)c3c(F)ccc4c3C(O)C(O)O4)ncc(Br)c2n1. The third-order valence-corrected chi connectivity index (χ3v) is 4.72. The molecule has 1 aliphatic rings. The van der Waals surface area contributed by atoms with Gasteiger partial charge in [0.25, 0.3) is 5.91 Å². The van der Waals surface area contributed by atoms with Gasteiger partial charge in [-0.1, -0.05) is 0 Å². The second kappa shape index (κ2) is 6.36. The van der Waals surface area contributed by atoms with Crippen molar-refractivity contribution in [3.8, 4) is 11.8 Å². The van der Waals surface area contributed by atoms with Gasteiger partial charge < -0.3 is 30.5 Å². The van der Waals surface area contributed by atoms with Gasteiger partial charge in [-0.3, -0.25) is 4.40 Å². The number of aliphatic hydroxyl groups is 4. The lowest BCUT2D eigenvalue weighted by molar-refractivity contribution is -0.148. The maximum Gasteiger partial charge on any atom is 0.278 e. The van der Waals surface area contributed by atoms with Crippen LogP contribution in [0.25, 0.3) is 5.65 Å². The number of nitrogens with zero attached hydrogens (tertiary/aromatic N) is 4. The zero-order valence-electron chi connectivity index (χ0n) is 13.7. The topological polar surface area (TPSA) is 156 Å². The van der Waals surface area contributed by atoms with Gasteiger partial charge in [0.05, 0.1) is 16.2 Å². The minimum atomic E-state index is -3.06. The van der Waals surface area contributed by atoms with E-state index in [9.17, 15) is 24.8 Å². The standard InChI is InChI=1S/C16H11BrFN5O5/c17-7-4-20-15(23-5-6(3-19)21-13(7)23)22-16(26,27)11-8(18)1-2-9-10(11)12(24)14(25)28-9/h1-2,4-5,12,14,24-27H,(H,20,22). The first-order chi connectivity index (χ1) is 13.2. The molecule has 28 heavy (non-hydrogen) atoms. The van der Waals surface area contributed by atoms with E-state index in [0.717, 1.165) is 12.1 Å². The van der Waals surface area contributed by atoms with Crippen LogP contribution in [0.2, 0.25) is 0 Å². The van der Waals surface area contributed by atoms with Crippen LogP contribution in [-0.4, -0.2) is 41.1 Å². The molecule has 2 atom stereocenters. The van der Waals surface area contributed by atoms with Crippen molar-refractivity contribution in [1.29, 1.82) is 5.26 Å². The molecule has 0 fully saturated rings. The van der Waals surface area contributed by atoms with Crippen molar-refractivity contribution in [2.45, 2.75) is 18.3 Å². The van der Waals surface area contributed by atoms with E-state index in [0.29, 0.717) is 4.47 Å². The molecule has 4 rings (SSSR count). The molecule has 10 nitrogen and oxygen atoms in total. The van der Waals surface area contributed by atoms with Gasteiger partial charge in [-0.2, -0.15) is 5.26 Å². The molecular formula is C16H11BrFN5O5. The summed E-state index contributed by atoms with van der Waals surface area (Å²) in [7, 11) is 0. The highest BCUT2D eigenvalue weighted by Crippen LogP contribution is 2.42. The highest BCUT2D eigenvalue weighted by Gasteiger charge is 2.43. The van der Waals surface area contributed by atoms with Gasteiger partial charge in [-0.05, 0) is 28.1 Å². The maximum atomic E-state index is 14.5. The average molecular weight is 452 g/mol. The zero-order chi connectivity index (χ0) is 20.2. The van der Waals surface area contributed by atoms with Crippen molar-refractivity contribution < 1.29 is 29.6 Å². The number of aromatic nitrogens is 3. The normalized spacial score (nSPS) is 18.6. The zero-order valence-corrected chi connectivity index (χ0v) is 15.3. The summed E-state index contributed by atoms with van der Waals surface area (Å²) >= 11 is 3.22. The predicted molar refractivity (Wildman–Crippen MR) is 93.1 cm³/mol. The lowest BCUT2D eigenvalue weighted by atomic mass is 9.99. The van der Waals surface area contributed by atoms with E-state index in [1.165, 1.54) is 16.8 Å². The molecular weight excluding hydrogens is 441 g/mol. The molecule has 5 N–H and O–H groups in total. The Morgan fingerprint density at radius 2 is 2.11 bits per heavy atom. The summed E-state index contributed by atoms with van der Waals surface area (Å²) in [5.74, 6) is -4.41. The fraction of sp³-hybridized carbons (Fsp3) is 0.188. The summed E-state index contributed by atoms with van der Waals surface area (Å²) in [6.07, 6.45) is -0.790. The van der Waals surface area contributed by atoms with E-state index in [4.69, 9.17) is 10.00 Å². The number of nitrogens with one attached hydrogen (secondary N) is 1. The molecule has 0 spiro atoms. The van der Waals surface area contributed by atoms with Gasteiger partial charge in [0, 0.05) is 11.8 Å². The number of hydrogen-bond acceptors (Lipinski definition) is 9. The van der Waals surface area contributed by atoms with E-state index in [1.54, 1.807) is 0 Å². The summed E-state index contributed by atoms with van der Waals surface area (Å²) < 4.78 is 21.1. The Morgan fingerprint density at radius 3 is 2.82 bits per heavy atom. The molecule has 0 saturated carbocycles. The van der Waals surface area contributed by atoms with Crippen LogP contribution in [-0.2, 0) is 5.91 Å². The average Bonchev–Trinajstić information content (AvgIpc) is 3.20. The maximum absolute atomic E-state index is 14.5. The fourth-order valence-electron chi connectivity index (χ4n) is 2.97. The number of ether oxygens (including phenoxy) is 1. The van der Waals surface area contributed by atoms with Gasteiger partial charge in [-0.15, -0.1) is 0 Å². The van der Waals surface area contributed by atoms with Crippen LogP contribution in [0.5, 0.6) is 5.75 Å². The number of rotatable bonds is 3. The Morgan fingerprint density at radius 1 is 1.36 bits per heavy atom. The minimum absolute atomic E-state index is 0.0388. The van der Waals surface area contributed by atoms with Gasteiger partial charge in [0.2, 0.25) is 12.2 Å². The molecule has 144 valence electrons. The minimum Gasteiger partial charge on any atom is -0.462 e. The smallest absolute Gasteiger partial charge is 0.278 e. The third kappa shape index (κ3) is 2.77. The molecule has 0 saturated heterocycles. The quantitative estimate of drug-likeness (QED) is 0.356. The summed E-state index contributed by atoms with van der Waals surface area (Å²) in [5.41, 5.74) is -0.770. The third-order valence-electron chi connectivity index (χ3n) is 4.17. The van der Waals surface area contributed by atoms with Gasteiger partial charge >= 0.3 is 0 Å². The molecule has 2 aromatic heterocycles. The van der Waals surface area contributed by atoms with Crippen LogP contribution in [0.3, 0.4) is 0 Å². The summed E-state index contributed by atoms with van der Waals surface area (Å²) in [6, 6.07) is 3.90. The molecule has 3 aromatic rings. The largest absolute Gasteiger partial charge is 0.462 e. The van der Waals surface area contributed by atoms with Crippen LogP contribution in [0.15, 0.2) is 29.0 Å². The molecule has 1 aliphatic heterocycles. The van der Waals surface area contributed by atoms with Crippen molar-refractivity contribution in [1.82, 2.24) is 14.4 Å². The van der Waals surface area contributed by atoms with Crippen molar-refractivity contribution in [2.75, 3.05) is 5.32 Å². The number of imidazole rings is 1. The van der Waals surface area contributed by atoms with Gasteiger partial charge in [0.1, 0.15) is 23.7 Å². The molecule has 12 heteroatoms. The van der Waals surface area contributed by atoms with Crippen molar-refractivity contribution in [3.63, 3.8) is 0 Å². The number of anilines is 1. The first kappa shape index (κ1) is 18.5. The number of halogens is 2. The second-order valence-electron chi connectivity index (χ2n) is 5.95. The second-order valence-corrected chi connectivity index (χ2v) is 6.80. The number of nitriles is 1. The van der Waals surface area contributed by atoms with E-state index in [-0.39, 0.29) is 28.6 Å². The van der Waals surface area contributed by atoms with E-state index in [2.05, 4.69) is 31.2 Å². The Balaban J connectivity index is 1.83. The van der Waals surface area contributed by atoms with Crippen molar-refractivity contribution >= 4 is 27.5 Å². The molecule has 0 amide bonds. The molecule has 0 bridgehead atoms. The lowest BCUT2D eigenvalue weighted by Crippen LogP contribution is -2.38. The van der Waals surface area contributed by atoms with E-state index >= 15 is 0 Å². The molecule has 2 unspecified atom stereocenters. The summed E-state index contributed by atoms with van der Waals surface area (Å²) in [6.45, 7) is 0. The number of fused-ring (bicyclic) bond motifs is 2. The Labute approximate surface area is 164 Å². The lowest BCUT2D eigenvalue weighted by Gasteiger charge is -2.26.